The third-order valence-electron chi connectivity index (χ3n) is 3.50. The van der Waals surface area contributed by atoms with Crippen molar-refractivity contribution < 1.29 is 14.7 Å². The summed E-state index contributed by atoms with van der Waals surface area (Å²) in [5, 5.41) is 10.5. The number of carbonyl (C=O) groups is 2. The Kier molecular flexibility index (Phi) is 8.68. The van der Waals surface area contributed by atoms with Crippen LogP contribution in [-0.2, 0) is 10.4 Å². The fourth-order valence-electron chi connectivity index (χ4n) is 1.83. The maximum atomic E-state index is 12.1. The van der Waals surface area contributed by atoms with Gasteiger partial charge in [0.2, 0.25) is 5.91 Å². The maximum Gasteiger partial charge on any atom is 0.272 e. The van der Waals surface area contributed by atoms with Crippen LogP contribution in [0.1, 0.15) is 50.8 Å². The van der Waals surface area contributed by atoms with E-state index in [2.05, 4.69) is 4.98 Å². The van der Waals surface area contributed by atoms with Crippen LogP contribution in [-0.4, -0.2) is 60.2 Å². The number of pyridine rings is 1. The molecule has 1 N–H and O–H groups in total. The molecule has 1 atom stereocenters. The third-order valence-corrected chi connectivity index (χ3v) is 3.50. The number of rotatable bonds is 5. The van der Waals surface area contributed by atoms with Crippen molar-refractivity contribution >= 4 is 19.7 Å². The minimum absolute atomic E-state index is 0.0411. The molecule has 7 heteroatoms. The van der Waals surface area contributed by atoms with Crippen molar-refractivity contribution in [1.29, 1.82) is 0 Å². The number of hydrogen-bond acceptors (Lipinski definition) is 4. The van der Waals surface area contributed by atoms with E-state index in [9.17, 15) is 14.7 Å². The van der Waals surface area contributed by atoms with Gasteiger partial charge in [-0.05, 0) is 19.1 Å². The minimum Gasteiger partial charge on any atom is -0.374 e. The average molecular weight is 333 g/mol. The first-order valence-electron chi connectivity index (χ1n) is 8.14. The van der Waals surface area contributed by atoms with Crippen molar-refractivity contribution in [2.45, 2.75) is 40.2 Å². The number of hydrogen-bond donors (Lipinski definition) is 1. The first-order chi connectivity index (χ1) is 11.1. The molecule has 1 rings (SSSR count). The number of amides is 2. The van der Waals surface area contributed by atoms with Gasteiger partial charge in [0.05, 0.1) is 5.69 Å². The fraction of sp³-hybridized carbons (Fsp3) is 0.588. The van der Waals surface area contributed by atoms with Crippen molar-refractivity contribution in [2.24, 2.45) is 5.92 Å². The quantitative estimate of drug-likeness (QED) is 0.656. The van der Waals surface area contributed by atoms with Crippen molar-refractivity contribution in [3.8, 4) is 0 Å². The SMILES string of the molecule is CC.[B]C(O)(c1cccc(C(=O)N(C)CC)n1)N(C)C(=O)C(C)C. The minimum atomic E-state index is -2.08. The molecule has 1 heterocycles. The molecule has 0 aromatic carbocycles. The Morgan fingerprint density at radius 3 is 2.29 bits per heavy atom. The molecule has 0 fully saturated rings. The molecule has 24 heavy (non-hydrogen) atoms. The molecule has 0 saturated heterocycles. The molecular formula is C17H28BN3O3. The zero-order valence-electron chi connectivity index (χ0n) is 15.7. The highest BCUT2D eigenvalue weighted by atomic mass is 16.3. The van der Waals surface area contributed by atoms with E-state index in [0.717, 1.165) is 4.90 Å². The summed E-state index contributed by atoms with van der Waals surface area (Å²) >= 11 is 0. The molecule has 2 radical (unpaired) electrons. The molecule has 0 spiro atoms. The summed E-state index contributed by atoms with van der Waals surface area (Å²) in [6, 6.07) is 4.59. The van der Waals surface area contributed by atoms with E-state index in [-0.39, 0.29) is 29.1 Å². The van der Waals surface area contributed by atoms with Crippen LogP contribution in [0.5, 0.6) is 0 Å². The summed E-state index contributed by atoms with van der Waals surface area (Å²) in [5.74, 6) is -0.927. The second-order valence-electron chi connectivity index (χ2n) is 5.51. The molecule has 1 aromatic rings. The summed E-state index contributed by atoms with van der Waals surface area (Å²) in [5.41, 5.74) is -1.88. The molecule has 0 saturated carbocycles. The zero-order chi connectivity index (χ0) is 19.1. The van der Waals surface area contributed by atoms with Crippen LogP contribution in [0.25, 0.3) is 0 Å². The Balaban J connectivity index is 0.00000254. The lowest BCUT2D eigenvalue weighted by atomic mass is 9.85. The van der Waals surface area contributed by atoms with Crippen LogP contribution >= 0.6 is 0 Å². The monoisotopic (exact) mass is 333 g/mol. The highest BCUT2D eigenvalue weighted by Crippen LogP contribution is 2.21. The van der Waals surface area contributed by atoms with Gasteiger partial charge in [-0.2, -0.15) is 0 Å². The average Bonchev–Trinajstić information content (AvgIpc) is 2.60. The normalized spacial score (nSPS) is 12.7. The molecule has 0 bridgehead atoms. The van der Waals surface area contributed by atoms with Crippen LogP contribution in [0.15, 0.2) is 18.2 Å². The summed E-state index contributed by atoms with van der Waals surface area (Å²) in [6.07, 6.45) is 0. The van der Waals surface area contributed by atoms with Crippen LogP contribution < -0.4 is 0 Å². The fourth-order valence-corrected chi connectivity index (χ4v) is 1.83. The Hall–Kier alpha value is -1.89. The molecule has 0 aliphatic rings. The van der Waals surface area contributed by atoms with E-state index in [4.69, 9.17) is 7.85 Å². The lowest BCUT2D eigenvalue weighted by molar-refractivity contribution is -0.147. The van der Waals surface area contributed by atoms with Crippen molar-refractivity contribution in [3.05, 3.63) is 29.6 Å². The van der Waals surface area contributed by atoms with E-state index < -0.39 is 5.62 Å². The first-order valence-corrected chi connectivity index (χ1v) is 8.14. The summed E-state index contributed by atoms with van der Waals surface area (Å²) in [6.45, 7) is 9.79. The van der Waals surface area contributed by atoms with Gasteiger partial charge >= 0.3 is 0 Å². The Bertz CT molecular complexity index is 562. The van der Waals surface area contributed by atoms with Gasteiger partial charge in [0.25, 0.3) is 5.91 Å². The zero-order valence-corrected chi connectivity index (χ0v) is 15.7. The van der Waals surface area contributed by atoms with E-state index in [1.165, 1.54) is 18.0 Å². The number of aliphatic hydroxyl groups is 1. The predicted octanol–water partition coefficient (Wildman–Crippen LogP) is 1.59. The van der Waals surface area contributed by atoms with Crippen LogP contribution in [0, 0.1) is 5.92 Å². The Morgan fingerprint density at radius 1 is 1.29 bits per heavy atom. The van der Waals surface area contributed by atoms with Crippen molar-refractivity contribution in [1.82, 2.24) is 14.8 Å². The third kappa shape index (κ3) is 5.06. The van der Waals surface area contributed by atoms with E-state index >= 15 is 0 Å². The van der Waals surface area contributed by atoms with Gasteiger partial charge in [-0.15, -0.1) is 0 Å². The molecule has 0 aliphatic carbocycles. The second kappa shape index (κ2) is 9.42. The van der Waals surface area contributed by atoms with E-state index in [1.807, 2.05) is 20.8 Å². The first kappa shape index (κ1) is 22.1. The molecule has 132 valence electrons. The van der Waals surface area contributed by atoms with Crippen molar-refractivity contribution in [2.75, 3.05) is 20.6 Å². The van der Waals surface area contributed by atoms with Gasteiger partial charge in [0.15, 0.2) is 7.85 Å². The number of nitrogens with zero attached hydrogens (tertiary/aromatic N) is 3. The standard InChI is InChI=1S/C15H22BN3O3.C2H6/c1-6-18(4)14(21)11-8-7-9-12(17-11)15(16,22)19(5)13(20)10(2)3;1-2/h7-10,22H,6H2,1-5H3;1-2H3. The summed E-state index contributed by atoms with van der Waals surface area (Å²) in [4.78, 5) is 30.8. The van der Waals surface area contributed by atoms with E-state index in [1.54, 1.807) is 33.0 Å². The van der Waals surface area contributed by atoms with Gasteiger partial charge in [-0.25, -0.2) is 4.98 Å². The van der Waals surface area contributed by atoms with Gasteiger partial charge in [-0.1, -0.05) is 33.8 Å². The molecule has 6 nitrogen and oxygen atoms in total. The molecule has 1 unspecified atom stereocenters. The highest BCUT2D eigenvalue weighted by Gasteiger charge is 2.34. The van der Waals surface area contributed by atoms with Gasteiger partial charge in [0.1, 0.15) is 11.3 Å². The van der Waals surface area contributed by atoms with Crippen LogP contribution in [0.2, 0.25) is 0 Å². The summed E-state index contributed by atoms with van der Waals surface area (Å²) in [7, 11) is 8.92. The Labute approximate surface area is 146 Å². The van der Waals surface area contributed by atoms with Gasteiger partial charge < -0.3 is 14.9 Å². The van der Waals surface area contributed by atoms with Crippen LogP contribution in [0.3, 0.4) is 0 Å². The van der Waals surface area contributed by atoms with E-state index in [0.29, 0.717) is 6.54 Å². The van der Waals surface area contributed by atoms with Crippen molar-refractivity contribution in [3.63, 3.8) is 0 Å². The predicted molar refractivity (Wildman–Crippen MR) is 95.5 cm³/mol. The molecule has 2 amide bonds. The Morgan fingerprint density at radius 2 is 1.83 bits per heavy atom. The lowest BCUT2D eigenvalue weighted by Crippen LogP contribution is -2.49. The lowest BCUT2D eigenvalue weighted by Gasteiger charge is -2.35. The molecule has 0 aliphatic heterocycles. The van der Waals surface area contributed by atoms with Crippen LogP contribution in [0.4, 0.5) is 0 Å². The summed E-state index contributed by atoms with van der Waals surface area (Å²) < 4.78 is 0. The topological polar surface area (TPSA) is 73.7 Å². The second-order valence-corrected chi connectivity index (χ2v) is 5.51. The smallest absolute Gasteiger partial charge is 0.272 e. The highest BCUT2D eigenvalue weighted by molar-refractivity contribution is 6.15. The number of aromatic nitrogens is 1. The van der Waals surface area contributed by atoms with Gasteiger partial charge in [-0.3, -0.25) is 9.59 Å². The number of carbonyl (C=O) groups excluding carboxylic acids is 2. The van der Waals surface area contributed by atoms with Gasteiger partial charge in [0, 0.05) is 26.6 Å². The molecular weight excluding hydrogens is 305 g/mol. The maximum absolute atomic E-state index is 12.1. The molecule has 1 aromatic heterocycles. The largest absolute Gasteiger partial charge is 0.374 e.